The molecule has 142 valence electrons. The molecule has 1 aliphatic rings. The zero-order chi connectivity index (χ0) is 20.3. The van der Waals surface area contributed by atoms with Gasteiger partial charge in [0.05, 0.1) is 29.7 Å². The number of hydrogen-bond acceptors (Lipinski definition) is 5. The predicted molar refractivity (Wildman–Crippen MR) is 113 cm³/mol. The highest BCUT2D eigenvalue weighted by Crippen LogP contribution is 2.39. The number of ether oxygens (including phenoxy) is 1. The fourth-order valence-electron chi connectivity index (χ4n) is 3.19. The summed E-state index contributed by atoms with van der Waals surface area (Å²) in [7, 11) is 1.59. The van der Waals surface area contributed by atoms with Crippen LogP contribution in [0.3, 0.4) is 0 Å². The number of nitrogens with zero attached hydrogens (tertiary/aromatic N) is 1. The second-order valence-electron chi connectivity index (χ2n) is 6.56. The van der Waals surface area contributed by atoms with Crippen molar-refractivity contribution >= 4 is 24.2 Å². The molecule has 2 N–H and O–H groups in total. The second kappa shape index (κ2) is 8.24. The van der Waals surface area contributed by atoms with Crippen LogP contribution in [-0.4, -0.2) is 13.0 Å². The summed E-state index contributed by atoms with van der Waals surface area (Å²) in [6, 6.07) is 17.1. The summed E-state index contributed by atoms with van der Waals surface area (Å²) in [4.78, 5) is 13.1. The van der Waals surface area contributed by atoms with Crippen LogP contribution in [0.25, 0.3) is 0 Å². The summed E-state index contributed by atoms with van der Waals surface area (Å²) in [6.07, 6.45) is 0. The molecular formula is C22H21N3O2S. The van der Waals surface area contributed by atoms with Crippen molar-refractivity contribution in [3.05, 3.63) is 81.5 Å². The van der Waals surface area contributed by atoms with Crippen molar-refractivity contribution in [2.75, 3.05) is 12.4 Å². The third kappa shape index (κ3) is 3.90. The maximum atomic E-state index is 13.1. The Bertz CT molecular complexity index is 1000. The standard InChI is InChI=1S/C22H21N3O2S/c1-13-4-8-16(9-5-13)25-21(26)19-14(2)24-22(28)18(12-23)20(19)15-6-10-17(27-3)11-7-15/h4-11,20,24,28H,1-3H3,(H,25,26). The highest BCUT2D eigenvalue weighted by molar-refractivity contribution is 7.84. The van der Waals surface area contributed by atoms with Crippen LogP contribution in [0.2, 0.25) is 0 Å². The first kappa shape index (κ1) is 19.6. The number of amides is 1. The van der Waals surface area contributed by atoms with Gasteiger partial charge in [0.15, 0.2) is 0 Å². The molecule has 1 amide bonds. The van der Waals surface area contributed by atoms with Crippen LogP contribution in [0.1, 0.15) is 24.0 Å². The quantitative estimate of drug-likeness (QED) is 0.681. The van der Waals surface area contributed by atoms with Crippen LogP contribution in [0.15, 0.2) is 70.4 Å². The molecule has 1 atom stereocenters. The maximum absolute atomic E-state index is 13.1. The number of anilines is 1. The minimum atomic E-state index is -0.518. The topological polar surface area (TPSA) is 74.1 Å². The molecule has 28 heavy (non-hydrogen) atoms. The minimum absolute atomic E-state index is 0.261. The third-order valence-electron chi connectivity index (χ3n) is 4.67. The van der Waals surface area contributed by atoms with E-state index in [2.05, 4.69) is 29.3 Å². The van der Waals surface area contributed by atoms with E-state index in [1.807, 2.05) is 62.4 Å². The van der Waals surface area contributed by atoms with E-state index < -0.39 is 5.92 Å². The van der Waals surface area contributed by atoms with Crippen LogP contribution < -0.4 is 15.4 Å². The molecule has 2 aromatic carbocycles. The van der Waals surface area contributed by atoms with Crippen LogP contribution in [0, 0.1) is 18.3 Å². The van der Waals surface area contributed by atoms with Crippen molar-refractivity contribution in [2.45, 2.75) is 19.8 Å². The Labute approximate surface area is 170 Å². The lowest BCUT2D eigenvalue weighted by Gasteiger charge is -2.28. The molecule has 0 fully saturated rings. The molecule has 1 unspecified atom stereocenters. The summed E-state index contributed by atoms with van der Waals surface area (Å²) in [6.45, 7) is 3.80. The van der Waals surface area contributed by atoms with Crippen molar-refractivity contribution in [2.24, 2.45) is 0 Å². The van der Waals surface area contributed by atoms with Crippen LogP contribution in [0.4, 0.5) is 5.69 Å². The van der Waals surface area contributed by atoms with Crippen LogP contribution >= 0.6 is 12.6 Å². The molecule has 0 aliphatic carbocycles. The number of thiol groups is 1. The SMILES string of the molecule is COc1ccc(C2C(C#N)=C(S)NC(C)=C2C(=O)Nc2ccc(C)cc2)cc1. The molecule has 0 bridgehead atoms. The van der Waals surface area contributed by atoms with Gasteiger partial charge in [0, 0.05) is 17.0 Å². The first-order valence-electron chi connectivity index (χ1n) is 8.77. The average molecular weight is 391 g/mol. The summed E-state index contributed by atoms with van der Waals surface area (Å²) in [5, 5.41) is 16.2. The number of methoxy groups -OCH3 is 1. The van der Waals surface area contributed by atoms with Gasteiger partial charge < -0.3 is 15.4 Å². The van der Waals surface area contributed by atoms with Crippen molar-refractivity contribution in [1.29, 1.82) is 5.26 Å². The smallest absolute Gasteiger partial charge is 0.254 e. The summed E-state index contributed by atoms with van der Waals surface area (Å²) >= 11 is 4.42. The third-order valence-corrected chi connectivity index (χ3v) is 5.02. The Balaban J connectivity index is 2.02. The number of carbonyl (C=O) groups is 1. The highest BCUT2D eigenvalue weighted by atomic mass is 32.1. The number of aryl methyl sites for hydroxylation is 1. The maximum Gasteiger partial charge on any atom is 0.254 e. The Kier molecular flexibility index (Phi) is 5.76. The molecule has 0 spiro atoms. The summed E-state index contributed by atoms with van der Waals surface area (Å²) < 4.78 is 5.22. The van der Waals surface area contributed by atoms with Gasteiger partial charge in [-0.05, 0) is 43.7 Å². The van der Waals surface area contributed by atoms with Gasteiger partial charge in [-0.3, -0.25) is 4.79 Å². The van der Waals surface area contributed by atoms with E-state index in [1.54, 1.807) is 7.11 Å². The van der Waals surface area contributed by atoms with Crippen molar-refractivity contribution in [1.82, 2.24) is 5.32 Å². The molecule has 0 saturated carbocycles. The van der Waals surface area contributed by atoms with Gasteiger partial charge in [0.2, 0.25) is 0 Å². The molecule has 1 heterocycles. The van der Waals surface area contributed by atoms with Gasteiger partial charge in [0.25, 0.3) is 5.91 Å². The Morgan fingerprint density at radius 1 is 1.14 bits per heavy atom. The van der Waals surface area contributed by atoms with Crippen LogP contribution in [-0.2, 0) is 4.79 Å². The van der Waals surface area contributed by atoms with Gasteiger partial charge in [-0.15, -0.1) is 12.6 Å². The Morgan fingerprint density at radius 2 is 1.79 bits per heavy atom. The number of dihydropyridines is 1. The number of nitrogens with one attached hydrogen (secondary N) is 2. The normalized spacial score (nSPS) is 16.3. The zero-order valence-corrected chi connectivity index (χ0v) is 16.8. The number of rotatable bonds is 4. The van der Waals surface area contributed by atoms with E-state index in [0.29, 0.717) is 33.3 Å². The molecule has 0 saturated heterocycles. The molecule has 1 aliphatic heterocycles. The average Bonchev–Trinajstić information content (AvgIpc) is 2.69. The van der Waals surface area contributed by atoms with Gasteiger partial charge in [-0.2, -0.15) is 5.26 Å². The van der Waals surface area contributed by atoms with Gasteiger partial charge in [-0.1, -0.05) is 29.8 Å². The van der Waals surface area contributed by atoms with Gasteiger partial charge >= 0.3 is 0 Å². The number of carbonyl (C=O) groups excluding carboxylic acids is 1. The van der Waals surface area contributed by atoms with Crippen LogP contribution in [0.5, 0.6) is 5.75 Å². The molecule has 2 aromatic rings. The van der Waals surface area contributed by atoms with E-state index in [-0.39, 0.29) is 5.91 Å². The van der Waals surface area contributed by atoms with Crippen molar-refractivity contribution < 1.29 is 9.53 Å². The summed E-state index contributed by atoms with van der Waals surface area (Å²) in [5.41, 5.74) is 4.17. The first-order valence-corrected chi connectivity index (χ1v) is 9.22. The molecule has 0 radical (unpaired) electrons. The molecular weight excluding hydrogens is 370 g/mol. The fourth-order valence-corrected chi connectivity index (χ4v) is 3.54. The van der Waals surface area contributed by atoms with E-state index in [1.165, 1.54) is 0 Å². The monoisotopic (exact) mass is 391 g/mol. The second-order valence-corrected chi connectivity index (χ2v) is 7.01. The van der Waals surface area contributed by atoms with E-state index in [4.69, 9.17) is 4.74 Å². The first-order chi connectivity index (χ1) is 13.4. The predicted octanol–water partition coefficient (Wildman–Crippen LogP) is 4.27. The molecule has 0 aromatic heterocycles. The number of hydrogen-bond donors (Lipinski definition) is 3. The largest absolute Gasteiger partial charge is 0.497 e. The molecule has 3 rings (SSSR count). The number of allylic oxidation sites excluding steroid dienone is 2. The molecule has 5 nitrogen and oxygen atoms in total. The Hall–Kier alpha value is -3.17. The Morgan fingerprint density at radius 3 is 2.36 bits per heavy atom. The fraction of sp³-hybridized carbons (Fsp3) is 0.182. The zero-order valence-electron chi connectivity index (χ0n) is 15.9. The highest BCUT2D eigenvalue weighted by Gasteiger charge is 2.33. The lowest BCUT2D eigenvalue weighted by atomic mass is 9.82. The van der Waals surface area contributed by atoms with E-state index in [9.17, 15) is 10.1 Å². The van der Waals surface area contributed by atoms with Crippen molar-refractivity contribution in [3.63, 3.8) is 0 Å². The number of benzene rings is 2. The van der Waals surface area contributed by atoms with E-state index in [0.717, 1.165) is 11.1 Å². The number of nitriles is 1. The summed E-state index contributed by atoms with van der Waals surface area (Å²) in [5.74, 6) is -0.0732. The van der Waals surface area contributed by atoms with Crippen molar-refractivity contribution in [3.8, 4) is 11.8 Å². The van der Waals surface area contributed by atoms with Gasteiger partial charge in [0.1, 0.15) is 5.75 Å². The lowest BCUT2D eigenvalue weighted by molar-refractivity contribution is -0.113. The lowest BCUT2D eigenvalue weighted by Crippen LogP contribution is -2.30. The van der Waals surface area contributed by atoms with E-state index >= 15 is 0 Å². The minimum Gasteiger partial charge on any atom is -0.497 e. The van der Waals surface area contributed by atoms with Gasteiger partial charge in [-0.25, -0.2) is 0 Å². The molecule has 6 heteroatoms.